The molecule has 0 spiro atoms. The van der Waals surface area contributed by atoms with Gasteiger partial charge in [0.2, 0.25) is 8.32 Å². The standard InChI is InChI=1S/C14H25BO5Si/c1-14(2,3)21(6,7)20-10-8-11(18-4)13(15(16)17)12(9-10)19-5/h8-9,16-17H,1-7H3. The lowest BCUT2D eigenvalue weighted by Crippen LogP contribution is -2.44. The molecule has 0 aliphatic heterocycles. The van der Waals surface area contributed by atoms with E-state index in [1.807, 2.05) is 0 Å². The Balaban J connectivity index is 3.28. The fourth-order valence-corrected chi connectivity index (χ4v) is 2.69. The molecule has 0 atom stereocenters. The maximum atomic E-state index is 9.46. The molecular weight excluding hydrogens is 287 g/mol. The molecule has 1 rings (SSSR count). The summed E-state index contributed by atoms with van der Waals surface area (Å²) in [7, 11) is -0.729. The van der Waals surface area contributed by atoms with Crippen LogP contribution in [0.2, 0.25) is 18.1 Å². The van der Waals surface area contributed by atoms with Crippen molar-refractivity contribution in [3.8, 4) is 17.2 Å². The summed E-state index contributed by atoms with van der Waals surface area (Å²) in [6.07, 6.45) is 0. The predicted octanol–water partition coefficient (Wildman–Crippen LogP) is 1.77. The summed E-state index contributed by atoms with van der Waals surface area (Å²) in [5.74, 6) is 1.27. The molecule has 0 amide bonds. The molecule has 2 N–H and O–H groups in total. The van der Waals surface area contributed by atoms with Crippen LogP contribution < -0.4 is 19.4 Å². The minimum Gasteiger partial charge on any atom is -0.543 e. The average molecular weight is 312 g/mol. The Kier molecular flexibility index (Phi) is 5.36. The summed E-state index contributed by atoms with van der Waals surface area (Å²) in [5, 5.41) is 19.0. The van der Waals surface area contributed by atoms with E-state index in [1.54, 1.807) is 12.1 Å². The van der Waals surface area contributed by atoms with Gasteiger partial charge in [-0.15, -0.1) is 0 Å². The van der Waals surface area contributed by atoms with Crippen LogP contribution in [0, 0.1) is 0 Å². The molecule has 0 unspecified atom stereocenters. The molecule has 0 heterocycles. The number of hydrogen-bond donors (Lipinski definition) is 2. The van der Waals surface area contributed by atoms with Gasteiger partial charge in [0, 0.05) is 12.1 Å². The second-order valence-electron chi connectivity index (χ2n) is 6.48. The van der Waals surface area contributed by atoms with Crippen LogP contribution in [0.15, 0.2) is 12.1 Å². The lowest BCUT2D eigenvalue weighted by molar-refractivity contribution is 0.381. The van der Waals surface area contributed by atoms with Crippen molar-refractivity contribution in [1.82, 2.24) is 0 Å². The van der Waals surface area contributed by atoms with Crippen LogP contribution in [0.4, 0.5) is 0 Å². The molecular formula is C14H25BO5Si. The quantitative estimate of drug-likeness (QED) is 0.811. The van der Waals surface area contributed by atoms with Gasteiger partial charge in [-0.05, 0) is 18.1 Å². The highest BCUT2D eigenvalue weighted by molar-refractivity contribution is 6.74. The van der Waals surface area contributed by atoms with E-state index in [2.05, 4.69) is 33.9 Å². The molecule has 7 heteroatoms. The normalized spacial score (nSPS) is 12.0. The van der Waals surface area contributed by atoms with Crippen molar-refractivity contribution >= 4 is 20.9 Å². The first-order valence-electron chi connectivity index (χ1n) is 6.84. The number of rotatable bonds is 5. The van der Waals surface area contributed by atoms with E-state index < -0.39 is 15.4 Å². The van der Waals surface area contributed by atoms with Gasteiger partial charge >= 0.3 is 7.12 Å². The van der Waals surface area contributed by atoms with Gasteiger partial charge in [-0.1, -0.05) is 20.8 Å². The van der Waals surface area contributed by atoms with Crippen LogP contribution in [0.3, 0.4) is 0 Å². The van der Waals surface area contributed by atoms with E-state index in [0.29, 0.717) is 17.2 Å². The summed E-state index contributed by atoms with van der Waals surface area (Å²) in [5.41, 5.74) is 0.197. The van der Waals surface area contributed by atoms with Gasteiger partial charge < -0.3 is 23.9 Å². The van der Waals surface area contributed by atoms with E-state index in [-0.39, 0.29) is 10.5 Å². The van der Waals surface area contributed by atoms with E-state index in [9.17, 15) is 10.0 Å². The van der Waals surface area contributed by atoms with Gasteiger partial charge in [0.25, 0.3) is 0 Å². The van der Waals surface area contributed by atoms with E-state index in [0.717, 1.165) is 0 Å². The Morgan fingerprint density at radius 3 is 1.71 bits per heavy atom. The summed E-state index contributed by atoms with van der Waals surface area (Å²) < 4.78 is 16.7. The minimum atomic E-state index is -2.00. The predicted molar refractivity (Wildman–Crippen MR) is 87.2 cm³/mol. The molecule has 0 fully saturated rings. The highest BCUT2D eigenvalue weighted by atomic mass is 28.4. The Bertz CT molecular complexity index is 472. The number of methoxy groups -OCH3 is 2. The van der Waals surface area contributed by atoms with Gasteiger partial charge in [-0.3, -0.25) is 0 Å². The lowest BCUT2D eigenvalue weighted by Gasteiger charge is -2.36. The van der Waals surface area contributed by atoms with Gasteiger partial charge in [0.15, 0.2) is 0 Å². The molecule has 0 saturated carbocycles. The molecule has 1 aromatic rings. The Labute approximate surface area is 128 Å². The van der Waals surface area contributed by atoms with Crippen LogP contribution in [0.25, 0.3) is 0 Å². The maximum absolute atomic E-state index is 9.46. The zero-order valence-electron chi connectivity index (χ0n) is 13.9. The molecule has 0 aliphatic rings. The molecule has 0 bridgehead atoms. The van der Waals surface area contributed by atoms with Gasteiger partial charge in [-0.25, -0.2) is 0 Å². The summed E-state index contributed by atoms with van der Waals surface area (Å²) in [6, 6.07) is 3.33. The van der Waals surface area contributed by atoms with Crippen molar-refractivity contribution in [3.05, 3.63) is 12.1 Å². The molecule has 0 radical (unpaired) electrons. The lowest BCUT2D eigenvalue weighted by atomic mass is 9.78. The first kappa shape index (κ1) is 17.9. The van der Waals surface area contributed by atoms with Crippen molar-refractivity contribution < 1.29 is 23.9 Å². The molecule has 118 valence electrons. The molecule has 0 saturated heterocycles. The van der Waals surface area contributed by atoms with Crippen LogP contribution in [-0.2, 0) is 0 Å². The Morgan fingerprint density at radius 1 is 1.00 bits per heavy atom. The summed E-state index contributed by atoms with van der Waals surface area (Å²) >= 11 is 0. The first-order chi connectivity index (χ1) is 9.53. The highest BCUT2D eigenvalue weighted by Gasteiger charge is 2.39. The van der Waals surface area contributed by atoms with Crippen molar-refractivity contribution in [3.63, 3.8) is 0 Å². The van der Waals surface area contributed by atoms with E-state index in [4.69, 9.17) is 13.9 Å². The fraction of sp³-hybridized carbons (Fsp3) is 0.571. The third kappa shape index (κ3) is 3.93. The largest absolute Gasteiger partial charge is 0.543 e. The van der Waals surface area contributed by atoms with Crippen LogP contribution in [-0.4, -0.2) is 39.7 Å². The Hall–Kier alpha value is -1.18. The average Bonchev–Trinajstić information content (AvgIpc) is 2.35. The van der Waals surface area contributed by atoms with Crippen molar-refractivity contribution in [1.29, 1.82) is 0 Å². The van der Waals surface area contributed by atoms with Crippen molar-refractivity contribution in [2.24, 2.45) is 0 Å². The van der Waals surface area contributed by atoms with E-state index >= 15 is 0 Å². The SMILES string of the molecule is COc1cc(O[Si](C)(C)C(C)(C)C)cc(OC)c1B(O)O. The third-order valence-corrected chi connectivity index (χ3v) is 8.31. The molecule has 0 aliphatic carbocycles. The van der Waals surface area contributed by atoms with Gasteiger partial charge in [-0.2, -0.15) is 0 Å². The summed E-state index contributed by atoms with van der Waals surface area (Å²) in [6.45, 7) is 10.7. The second kappa shape index (κ2) is 6.29. The second-order valence-corrected chi connectivity index (χ2v) is 11.2. The molecule has 1 aromatic carbocycles. The highest BCUT2D eigenvalue weighted by Crippen LogP contribution is 2.38. The number of hydrogen-bond acceptors (Lipinski definition) is 5. The topological polar surface area (TPSA) is 68.2 Å². The monoisotopic (exact) mass is 312 g/mol. The summed E-state index contributed by atoms with van der Waals surface area (Å²) in [4.78, 5) is 0. The minimum absolute atomic E-state index is 0.0582. The fourth-order valence-electron chi connectivity index (χ4n) is 1.68. The van der Waals surface area contributed by atoms with Gasteiger partial charge in [0.05, 0.1) is 19.7 Å². The smallest absolute Gasteiger partial charge is 0.496 e. The van der Waals surface area contributed by atoms with Crippen LogP contribution in [0.1, 0.15) is 20.8 Å². The molecule has 0 aromatic heterocycles. The van der Waals surface area contributed by atoms with Gasteiger partial charge in [0.1, 0.15) is 17.2 Å². The van der Waals surface area contributed by atoms with Crippen molar-refractivity contribution in [2.45, 2.75) is 38.9 Å². The third-order valence-electron chi connectivity index (χ3n) is 3.95. The maximum Gasteiger partial charge on any atom is 0.496 e. The van der Waals surface area contributed by atoms with Crippen LogP contribution >= 0.6 is 0 Å². The van der Waals surface area contributed by atoms with E-state index in [1.165, 1.54) is 14.2 Å². The zero-order valence-corrected chi connectivity index (χ0v) is 14.9. The Morgan fingerprint density at radius 2 is 1.43 bits per heavy atom. The van der Waals surface area contributed by atoms with Crippen molar-refractivity contribution in [2.75, 3.05) is 14.2 Å². The number of ether oxygens (including phenoxy) is 2. The first-order valence-corrected chi connectivity index (χ1v) is 9.75. The zero-order chi connectivity index (χ0) is 16.4. The molecule has 21 heavy (non-hydrogen) atoms. The van der Waals surface area contributed by atoms with Crippen LogP contribution in [0.5, 0.6) is 17.2 Å². The number of benzene rings is 1. The molecule has 5 nitrogen and oxygen atoms in total.